The topological polar surface area (TPSA) is 77.5 Å². The van der Waals surface area contributed by atoms with Crippen molar-refractivity contribution >= 4 is 20.9 Å². The molecule has 0 fully saturated rings. The fraction of sp³-hybridized carbons (Fsp3) is 0.250. The minimum Gasteiger partial charge on any atom is -0.494 e. The summed E-state index contributed by atoms with van der Waals surface area (Å²) < 4.78 is 39.7. The van der Waals surface area contributed by atoms with Gasteiger partial charge in [0, 0.05) is 23.7 Å². The number of sulfonamides is 1. The predicted octanol–water partition coefficient (Wildman–Crippen LogP) is 3.51. The zero-order chi connectivity index (χ0) is 19.3. The maximum Gasteiger partial charge on any atom is 0.241 e. The molecule has 3 rings (SSSR count). The van der Waals surface area contributed by atoms with Crippen LogP contribution in [-0.2, 0) is 16.6 Å². The molecule has 0 unspecified atom stereocenters. The Hall–Kier alpha value is -2.64. The lowest BCUT2D eigenvalue weighted by molar-refractivity contribution is 0.336. The molecule has 0 saturated heterocycles. The number of hydrogen-bond donors (Lipinski definition) is 1. The van der Waals surface area contributed by atoms with E-state index in [0.29, 0.717) is 35.6 Å². The van der Waals surface area contributed by atoms with Crippen molar-refractivity contribution in [3.63, 3.8) is 0 Å². The summed E-state index contributed by atoms with van der Waals surface area (Å²) >= 11 is 0. The van der Waals surface area contributed by atoms with E-state index < -0.39 is 10.0 Å². The van der Waals surface area contributed by atoms with Crippen LogP contribution in [0.1, 0.15) is 19.4 Å². The number of pyridine rings is 1. The van der Waals surface area contributed by atoms with Gasteiger partial charge in [-0.3, -0.25) is 4.98 Å². The molecule has 6 nitrogen and oxygen atoms in total. The van der Waals surface area contributed by atoms with E-state index in [1.807, 2.05) is 38.1 Å². The maximum atomic E-state index is 12.9. The largest absolute Gasteiger partial charge is 0.494 e. The summed E-state index contributed by atoms with van der Waals surface area (Å²) in [6.45, 7) is 4.88. The van der Waals surface area contributed by atoms with Gasteiger partial charge in [0.25, 0.3) is 0 Å². The molecule has 0 aliphatic heterocycles. The van der Waals surface area contributed by atoms with Crippen LogP contribution in [0.2, 0.25) is 0 Å². The molecule has 1 aromatic heterocycles. The van der Waals surface area contributed by atoms with Gasteiger partial charge in [0.1, 0.15) is 17.0 Å². The quantitative estimate of drug-likeness (QED) is 0.641. The van der Waals surface area contributed by atoms with Crippen molar-refractivity contribution in [2.24, 2.45) is 0 Å². The van der Waals surface area contributed by atoms with Crippen LogP contribution in [-0.4, -0.2) is 26.6 Å². The fourth-order valence-corrected chi connectivity index (χ4v) is 4.03. The number of hydrogen-bond acceptors (Lipinski definition) is 5. The van der Waals surface area contributed by atoms with Crippen LogP contribution in [0.4, 0.5) is 0 Å². The van der Waals surface area contributed by atoms with E-state index in [0.717, 1.165) is 5.56 Å². The molecule has 0 aliphatic carbocycles. The molecule has 3 aromatic rings. The molecular formula is C20H22N2O4S. The van der Waals surface area contributed by atoms with E-state index in [4.69, 9.17) is 9.47 Å². The van der Waals surface area contributed by atoms with Gasteiger partial charge in [-0.2, -0.15) is 0 Å². The van der Waals surface area contributed by atoms with Gasteiger partial charge in [-0.25, -0.2) is 13.1 Å². The van der Waals surface area contributed by atoms with Crippen LogP contribution in [0, 0.1) is 0 Å². The standard InChI is InChI=1S/C20H22N2O4S/c1-3-25-17-10-6-5-8-15(17)14-22-27(23,24)19-12-11-18(26-4-2)20-16(19)9-7-13-21-20/h5-13,22H,3-4,14H2,1-2H3. The fourth-order valence-electron chi connectivity index (χ4n) is 2.82. The number of ether oxygens (including phenoxy) is 2. The first-order valence-electron chi connectivity index (χ1n) is 8.77. The molecular weight excluding hydrogens is 364 g/mol. The van der Waals surface area contributed by atoms with Crippen molar-refractivity contribution in [2.45, 2.75) is 25.3 Å². The van der Waals surface area contributed by atoms with E-state index in [2.05, 4.69) is 9.71 Å². The zero-order valence-corrected chi connectivity index (χ0v) is 16.1. The van der Waals surface area contributed by atoms with E-state index in [1.54, 1.807) is 30.5 Å². The minimum absolute atomic E-state index is 0.132. The van der Waals surface area contributed by atoms with Gasteiger partial charge in [-0.15, -0.1) is 0 Å². The first-order chi connectivity index (χ1) is 13.1. The predicted molar refractivity (Wildman–Crippen MR) is 105 cm³/mol. The monoisotopic (exact) mass is 386 g/mol. The number of nitrogens with zero attached hydrogens (tertiary/aromatic N) is 1. The van der Waals surface area contributed by atoms with Crippen LogP contribution >= 0.6 is 0 Å². The Morgan fingerprint density at radius 3 is 2.44 bits per heavy atom. The van der Waals surface area contributed by atoms with E-state index in [-0.39, 0.29) is 11.4 Å². The molecule has 0 spiro atoms. The molecule has 0 atom stereocenters. The summed E-state index contributed by atoms with van der Waals surface area (Å²) in [5.41, 5.74) is 1.30. The van der Waals surface area contributed by atoms with Crippen molar-refractivity contribution in [1.29, 1.82) is 0 Å². The van der Waals surface area contributed by atoms with Gasteiger partial charge in [-0.1, -0.05) is 18.2 Å². The molecule has 0 radical (unpaired) electrons. The Balaban J connectivity index is 1.93. The second-order valence-corrected chi connectivity index (χ2v) is 7.50. The lowest BCUT2D eigenvalue weighted by Gasteiger charge is -2.13. The number of benzene rings is 2. The highest BCUT2D eigenvalue weighted by Gasteiger charge is 2.20. The number of para-hydroxylation sites is 1. The van der Waals surface area contributed by atoms with Crippen molar-refractivity contribution in [3.05, 3.63) is 60.3 Å². The van der Waals surface area contributed by atoms with Crippen molar-refractivity contribution in [1.82, 2.24) is 9.71 Å². The third-order valence-corrected chi connectivity index (χ3v) is 5.47. The second kappa shape index (κ2) is 8.37. The number of rotatable bonds is 8. The zero-order valence-electron chi connectivity index (χ0n) is 15.3. The lowest BCUT2D eigenvalue weighted by atomic mass is 10.2. The Morgan fingerprint density at radius 2 is 1.67 bits per heavy atom. The van der Waals surface area contributed by atoms with Gasteiger partial charge < -0.3 is 9.47 Å². The first kappa shape index (κ1) is 19.1. The van der Waals surface area contributed by atoms with Gasteiger partial charge in [-0.05, 0) is 44.2 Å². The third-order valence-electron chi connectivity index (χ3n) is 4.01. The van der Waals surface area contributed by atoms with Crippen molar-refractivity contribution in [2.75, 3.05) is 13.2 Å². The number of nitrogens with one attached hydrogen (secondary N) is 1. The second-order valence-electron chi connectivity index (χ2n) is 5.76. The highest BCUT2D eigenvalue weighted by Crippen LogP contribution is 2.29. The molecule has 0 amide bonds. The van der Waals surface area contributed by atoms with Crippen LogP contribution in [0.5, 0.6) is 11.5 Å². The molecule has 0 bridgehead atoms. The summed E-state index contributed by atoms with van der Waals surface area (Å²) in [7, 11) is -3.75. The van der Waals surface area contributed by atoms with Gasteiger partial charge in [0.15, 0.2) is 0 Å². The molecule has 2 aromatic carbocycles. The van der Waals surface area contributed by atoms with Gasteiger partial charge >= 0.3 is 0 Å². The number of fused-ring (bicyclic) bond motifs is 1. The Morgan fingerprint density at radius 1 is 0.926 bits per heavy atom. The molecule has 27 heavy (non-hydrogen) atoms. The summed E-state index contributed by atoms with van der Waals surface area (Å²) in [5, 5.41) is 0.522. The Labute approximate surface area is 159 Å². The molecule has 0 aliphatic rings. The summed E-state index contributed by atoms with van der Waals surface area (Å²) in [6, 6.07) is 14.0. The maximum absolute atomic E-state index is 12.9. The summed E-state index contributed by atoms with van der Waals surface area (Å²) in [6.07, 6.45) is 1.62. The van der Waals surface area contributed by atoms with Gasteiger partial charge in [0.2, 0.25) is 10.0 Å². The molecule has 7 heteroatoms. The number of aromatic nitrogens is 1. The molecule has 1 heterocycles. The molecule has 142 valence electrons. The minimum atomic E-state index is -3.75. The van der Waals surface area contributed by atoms with Crippen molar-refractivity contribution in [3.8, 4) is 11.5 Å². The molecule has 1 N–H and O–H groups in total. The average Bonchev–Trinajstić information content (AvgIpc) is 2.68. The van der Waals surface area contributed by atoms with Crippen LogP contribution in [0.25, 0.3) is 10.9 Å². The van der Waals surface area contributed by atoms with Crippen LogP contribution in [0.3, 0.4) is 0 Å². The van der Waals surface area contributed by atoms with Crippen molar-refractivity contribution < 1.29 is 17.9 Å². The highest BCUT2D eigenvalue weighted by molar-refractivity contribution is 7.89. The third kappa shape index (κ3) is 4.20. The van der Waals surface area contributed by atoms with Crippen LogP contribution in [0.15, 0.2) is 59.6 Å². The first-order valence-corrected chi connectivity index (χ1v) is 10.3. The van der Waals surface area contributed by atoms with E-state index in [1.165, 1.54) is 0 Å². The smallest absolute Gasteiger partial charge is 0.241 e. The lowest BCUT2D eigenvalue weighted by Crippen LogP contribution is -2.24. The normalized spacial score (nSPS) is 11.5. The summed E-state index contributed by atoms with van der Waals surface area (Å²) in [4.78, 5) is 4.46. The Bertz CT molecular complexity index is 1040. The van der Waals surface area contributed by atoms with Crippen LogP contribution < -0.4 is 14.2 Å². The SMILES string of the molecule is CCOc1ccccc1CNS(=O)(=O)c1ccc(OCC)c2ncccc12. The van der Waals surface area contributed by atoms with Gasteiger partial charge in [0.05, 0.1) is 18.1 Å². The average molecular weight is 386 g/mol. The molecule has 0 saturated carbocycles. The highest BCUT2D eigenvalue weighted by atomic mass is 32.2. The van der Waals surface area contributed by atoms with E-state index >= 15 is 0 Å². The van der Waals surface area contributed by atoms with E-state index in [9.17, 15) is 8.42 Å². The Kier molecular flexibility index (Phi) is 5.93. The summed E-state index contributed by atoms with van der Waals surface area (Å²) in [5.74, 6) is 1.23.